The van der Waals surface area contributed by atoms with E-state index in [1.807, 2.05) is 0 Å². The first-order chi connectivity index (χ1) is 5.63. The summed E-state index contributed by atoms with van der Waals surface area (Å²) >= 11 is 8.73. The SMILES string of the molecule is O=[N+]([O-])c1ccccc1C(Cl)Br. The van der Waals surface area contributed by atoms with Crippen molar-refractivity contribution in [1.29, 1.82) is 0 Å². The standard InChI is InChI=1S/C7H5BrClNO2/c8-7(9)5-3-1-2-4-6(5)10(11)12/h1-4,7H. The number of hydrogen-bond donors (Lipinski definition) is 0. The largest absolute Gasteiger partial charge is 0.274 e. The van der Waals surface area contributed by atoms with Crippen molar-refractivity contribution in [3.8, 4) is 0 Å². The van der Waals surface area contributed by atoms with Crippen molar-refractivity contribution in [3.63, 3.8) is 0 Å². The summed E-state index contributed by atoms with van der Waals surface area (Å²) in [6.07, 6.45) is 0. The normalized spacial score (nSPS) is 12.5. The van der Waals surface area contributed by atoms with Crippen LogP contribution >= 0.6 is 27.5 Å². The van der Waals surface area contributed by atoms with Crippen LogP contribution < -0.4 is 0 Å². The van der Waals surface area contributed by atoms with Gasteiger partial charge in [0.1, 0.15) is 4.29 Å². The van der Waals surface area contributed by atoms with Crippen LogP contribution in [-0.2, 0) is 0 Å². The van der Waals surface area contributed by atoms with E-state index in [9.17, 15) is 10.1 Å². The molecule has 1 rings (SSSR count). The first kappa shape index (κ1) is 9.48. The highest BCUT2D eigenvalue weighted by Gasteiger charge is 2.16. The molecule has 0 radical (unpaired) electrons. The fourth-order valence-corrected chi connectivity index (χ4v) is 1.41. The van der Waals surface area contributed by atoms with E-state index in [1.165, 1.54) is 6.07 Å². The van der Waals surface area contributed by atoms with Crippen LogP contribution in [0, 0.1) is 10.1 Å². The van der Waals surface area contributed by atoms with Gasteiger partial charge in [-0.25, -0.2) is 0 Å². The molecule has 0 aliphatic heterocycles. The minimum Gasteiger partial charge on any atom is -0.258 e. The summed E-state index contributed by atoms with van der Waals surface area (Å²) < 4.78 is -0.515. The third-order valence-corrected chi connectivity index (χ3v) is 2.10. The maximum absolute atomic E-state index is 10.5. The molecule has 5 heteroatoms. The molecule has 1 aromatic carbocycles. The van der Waals surface area contributed by atoms with Crippen LogP contribution in [-0.4, -0.2) is 4.92 Å². The van der Waals surface area contributed by atoms with Gasteiger partial charge in [-0.1, -0.05) is 28.1 Å². The summed E-state index contributed by atoms with van der Waals surface area (Å²) in [6.45, 7) is 0. The number of benzene rings is 1. The number of nitro benzene ring substituents is 1. The predicted molar refractivity (Wildman–Crippen MR) is 50.6 cm³/mol. The van der Waals surface area contributed by atoms with Crippen molar-refractivity contribution in [2.24, 2.45) is 0 Å². The van der Waals surface area contributed by atoms with Crippen molar-refractivity contribution in [2.45, 2.75) is 4.29 Å². The Bertz CT molecular complexity index is 303. The number of rotatable bonds is 2. The highest BCUT2D eigenvalue weighted by Crippen LogP contribution is 2.33. The summed E-state index contributed by atoms with van der Waals surface area (Å²) in [5, 5.41) is 10.5. The van der Waals surface area contributed by atoms with E-state index < -0.39 is 9.21 Å². The highest BCUT2D eigenvalue weighted by atomic mass is 79.9. The zero-order valence-electron chi connectivity index (χ0n) is 5.91. The first-order valence-electron chi connectivity index (χ1n) is 3.14. The van der Waals surface area contributed by atoms with Crippen LogP contribution in [0.5, 0.6) is 0 Å². The number of para-hydroxylation sites is 1. The molecule has 0 spiro atoms. The van der Waals surface area contributed by atoms with Crippen molar-refractivity contribution in [2.75, 3.05) is 0 Å². The molecule has 1 unspecified atom stereocenters. The van der Waals surface area contributed by atoms with Gasteiger partial charge in [-0.05, 0) is 6.07 Å². The summed E-state index contributed by atoms with van der Waals surface area (Å²) in [4.78, 5) is 10.00. The number of hydrogen-bond acceptors (Lipinski definition) is 2. The second-order valence-corrected chi connectivity index (χ2v) is 4.00. The lowest BCUT2D eigenvalue weighted by Gasteiger charge is -2.01. The Morgan fingerprint density at radius 1 is 1.50 bits per heavy atom. The minimum atomic E-state index is -0.515. The van der Waals surface area contributed by atoms with Gasteiger partial charge in [0.25, 0.3) is 5.69 Å². The van der Waals surface area contributed by atoms with Crippen LogP contribution in [0.1, 0.15) is 9.85 Å². The van der Waals surface area contributed by atoms with E-state index in [0.29, 0.717) is 5.56 Å². The highest BCUT2D eigenvalue weighted by molar-refractivity contribution is 9.09. The molecule has 0 N–H and O–H groups in total. The molecular formula is C7H5BrClNO2. The molecule has 0 saturated heterocycles. The van der Waals surface area contributed by atoms with Crippen LogP contribution in [0.4, 0.5) is 5.69 Å². The van der Waals surface area contributed by atoms with Crippen LogP contribution in [0.3, 0.4) is 0 Å². The zero-order valence-corrected chi connectivity index (χ0v) is 8.25. The molecule has 0 aliphatic rings. The van der Waals surface area contributed by atoms with Gasteiger partial charge in [0, 0.05) is 6.07 Å². The summed E-state index contributed by atoms with van der Waals surface area (Å²) in [5.74, 6) is 0. The molecule has 3 nitrogen and oxygen atoms in total. The van der Waals surface area contributed by atoms with Crippen molar-refractivity contribution in [1.82, 2.24) is 0 Å². The summed E-state index contributed by atoms with van der Waals surface area (Å²) in [5.41, 5.74) is 0.513. The third-order valence-electron chi connectivity index (χ3n) is 1.37. The topological polar surface area (TPSA) is 43.1 Å². The molecule has 1 atom stereocenters. The Hall–Kier alpha value is -0.610. The quantitative estimate of drug-likeness (QED) is 0.459. The van der Waals surface area contributed by atoms with Crippen molar-refractivity contribution in [3.05, 3.63) is 39.9 Å². The molecule has 1 aromatic rings. The fourth-order valence-electron chi connectivity index (χ4n) is 0.838. The smallest absolute Gasteiger partial charge is 0.258 e. The fraction of sp³-hybridized carbons (Fsp3) is 0.143. The Labute approximate surface area is 82.6 Å². The van der Waals surface area contributed by atoms with Crippen molar-refractivity contribution >= 4 is 33.2 Å². The summed E-state index contributed by atoms with van der Waals surface area (Å²) in [7, 11) is 0. The number of halogens is 2. The second-order valence-electron chi connectivity index (χ2n) is 2.12. The van der Waals surface area contributed by atoms with Gasteiger partial charge >= 0.3 is 0 Å². The van der Waals surface area contributed by atoms with Gasteiger partial charge in [-0.15, -0.1) is 11.6 Å². The minimum absolute atomic E-state index is 0.0365. The van der Waals surface area contributed by atoms with Crippen LogP contribution in [0.25, 0.3) is 0 Å². The zero-order chi connectivity index (χ0) is 9.14. The van der Waals surface area contributed by atoms with Gasteiger partial charge in [0.15, 0.2) is 0 Å². The Kier molecular flexibility index (Phi) is 3.05. The van der Waals surface area contributed by atoms with Crippen LogP contribution in [0.2, 0.25) is 0 Å². The average Bonchev–Trinajstić information content (AvgIpc) is 2.04. The van der Waals surface area contributed by atoms with Gasteiger partial charge in [-0.2, -0.15) is 0 Å². The molecule has 0 bridgehead atoms. The number of alkyl halides is 2. The van der Waals surface area contributed by atoms with Gasteiger partial charge in [-0.3, -0.25) is 10.1 Å². The van der Waals surface area contributed by atoms with E-state index in [4.69, 9.17) is 11.6 Å². The molecule has 0 saturated carbocycles. The molecule has 0 fully saturated rings. The Morgan fingerprint density at radius 3 is 2.50 bits per heavy atom. The average molecular weight is 250 g/mol. The van der Waals surface area contributed by atoms with E-state index >= 15 is 0 Å². The van der Waals surface area contributed by atoms with Gasteiger partial charge in [0.2, 0.25) is 0 Å². The third kappa shape index (κ3) is 1.95. The molecular weight excluding hydrogens is 245 g/mol. The maximum atomic E-state index is 10.5. The lowest BCUT2D eigenvalue weighted by atomic mass is 10.2. The monoisotopic (exact) mass is 249 g/mol. The molecule has 0 amide bonds. The van der Waals surface area contributed by atoms with Gasteiger partial charge < -0.3 is 0 Å². The molecule has 64 valence electrons. The van der Waals surface area contributed by atoms with Crippen molar-refractivity contribution < 1.29 is 4.92 Å². The van der Waals surface area contributed by atoms with E-state index in [-0.39, 0.29) is 5.69 Å². The lowest BCUT2D eigenvalue weighted by molar-refractivity contribution is -0.385. The number of nitrogens with zero attached hydrogens (tertiary/aromatic N) is 1. The molecule has 0 aromatic heterocycles. The maximum Gasteiger partial charge on any atom is 0.274 e. The predicted octanol–water partition coefficient (Wildman–Crippen LogP) is 3.23. The first-order valence-corrected chi connectivity index (χ1v) is 4.49. The molecule has 12 heavy (non-hydrogen) atoms. The van der Waals surface area contributed by atoms with Gasteiger partial charge in [0.05, 0.1) is 10.5 Å². The second kappa shape index (κ2) is 3.87. The molecule has 0 aliphatic carbocycles. The molecule has 0 heterocycles. The Morgan fingerprint density at radius 2 is 2.08 bits per heavy atom. The lowest BCUT2D eigenvalue weighted by Crippen LogP contribution is -1.93. The van der Waals surface area contributed by atoms with E-state index in [1.54, 1.807) is 18.2 Å². The Balaban J connectivity index is 3.17. The van der Waals surface area contributed by atoms with E-state index in [0.717, 1.165) is 0 Å². The number of nitro groups is 1. The summed E-state index contributed by atoms with van der Waals surface area (Å²) in [6, 6.07) is 6.35. The van der Waals surface area contributed by atoms with Crippen LogP contribution in [0.15, 0.2) is 24.3 Å². The van der Waals surface area contributed by atoms with E-state index in [2.05, 4.69) is 15.9 Å².